The smallest absolute Gasteiger partial charge is 0.264 e. The van der Waals surface area contributed by atoms with Gasteiger partial charge in [0.2, 0.25) is 0 Å². The minimum Gasteiger partial charge on any atom is -0.378 e. The van der Waals surface area contributed by atoms with Crippen molar-refractivity contribution < 1.29 is 9.53 Å². The number of carbonyl (C=O) groups excluding carboxylic acids is 1. The second-order valence-electron chi connectivity index (χ2n) is 8.50. The number of ether oxygens (including phenoxy) is 1. The minimum absolute atomic E-state index is 0.175. The molecule has 0 saturated carbocycles. The molecule has 5 nitrogen and oxygen atoms in total. The highest BCUT2D eigenvalue weighted by Gasteiger charge is 2.29. The number of carbonyl (C=O) groups is 1. The van der Waals surface area contributed by atoms with Gasteiger partial charge in [-0.25, -0.2) is 0 Å². The van der Waals surface area contributed by atoms with Crippen LogP contribution in [-0.2, 0) is 17.7 Å². The number of likely N-dealkylation sites (tertiary alicyclic amines) is 1. The quantitative estimate of drug-likeness (QED) is 0.597. The number of thiophene rings is 1. The van der Waals surface area contributed by atoms with Crippen molar-refractivity contribution in [3.05, 3.63) is 64.8 Å². The van der Waals surface area contributed by atoms with Crippen molar-refractivity contribution in [2.45, 2.75) is 38.3 Å². The van der Waals surface area contributed by atoms with Gasteiger partial charge in [0.25, 0.3) is 5.91 Å². The lowest BCUT2D eigenvalue weighted by molar-refractivity contribution is 0.0305. The van der Waals surface area contributed by atoms with Crippen molar-refractivity contribution in [2.24, 2.45) is 0 Å². The molecule has 2 aliphatic rings. The van der Waals surface area contributed by atoms with E-state index in [0.29, 0.717) is 32.3 Å². The first-order valence-electron chi connectivity index (χ1n) is 11.3. The first-order chi connectivity index (χ1) is 15.3. The Bertz CT molecular complexity index is 1030. The molecule has 0 spiro atoms. The summed E-state index contributed by atoms with van der Waals surface area (Å²) in [6.07, 6.45) is 8.40. The van der Waals surface area contributed by atoms with E-state index in [1.807, 2.05) is 23.4 Å². The molecule has 4 heterocycles. The molecule has 1 atom stereocenters. The molecular formula is C25H29N3O2S. The Balaban J connectivity index is 1.44. The number of fused-ring (bicyclic) bond motifs is 1. The Morgan fingerprint density at radius 3 is 2.81 bits per heavy atom. The number of hydrogen-bond donors (Lipinski definition) is 0. The van der Waals surface area contributed by atoms with Crippen molar-refractivity contribution >= 4 is 27.3 Å². The van der Waals surface area contributed by atoms with Gasteiger partial charge in [0.05, 0.1) is 18.1 Å². The SMILES string of the molecule is O=C(c1sc2ccccc2c1C[C@@H]1CCCCN1Cc1cccnc1)N1CCOCC1. The molecule has 2 fully saturated rings. The summed E-state index contributed by atoms with van der Waals surface area (Å²) in [6.45, 7) is 4.66. The number of piperidine rings is 1. The van der Waals surface area contributed by atoms with E-state index in [1.165, 1.54) is 40.5 Å². The molecule has 2 saturated heterocycles. The van der Waals surface area contributed by atoms with Gasteiger partial charge in [-0.3, -0.25) is 14.7 Å². The van der Waals surface area contributed by atoms with E-state index >= 15 is 0 Å². The molecule has 0 N–H and O–H groups in total. The standard InChI is InChI=1S/C25H29N3O2S/c29-25(27-12-14-30-15-13-27)24-22(21-8-1-2-9-23(21)31-24)16-20-7-3-4-11-28(20)18-19-6-5-10-26-17-19/h1-2,5-6,8-10,17,20H,3-4,7,11-16,18H2/t20-/m0/s1. The molecule has 0 bridgehead atoms. The number of aromatic nitrogens is 1. The third-order valence-corrected chi connectivity index (χ3v) is 7.69. The second kappa shape index (κ2) is 9.47. The molecule has 0 radical (unpaired) electrons. The van der Waals surface area contributed by atoms with Gasteiger partial charge in [-0.15, -0.1) is 11.3 Å². The maximum atomic E-state index is 13.5. The van der Waals surface area contributed by atoms with Crippen molar-refractivity contribution in [3.8, 4) is 0 Å². The van der Waals surface area contributed by atoms with Crippen LogP contribution in [0.5, 0.6) is 0 Å². The predicted molar refractivity (Wildman–Crippen MR) is 125 cm³/mol. The number of benzene rings is 1. The van der Waals surface area contributed by atoms with Crippen molar-refractivity contribution in [1.29, 1.82) is 0 Å². The number of amides is 1. The maximum absolute atomic E-state index is 13.5. The molecule has 2 aromatic heterocycles. The van der Waals surface area contributed by atoms with E-state index < -0.39 is 0 Å². The molecular weight excluding hydrogens is 406 g/mol. The summed E-state index contributed by atoms with van der Waals surface area (Å²) in [5.74, 6) is 0.175. The highest BCUT2D eigenvalue weighted by Crippen LogP contribution is 2.35. The van der Waals surface area contributed by atoms with Crippen LogP contribution < -0.4 is 0 Å². The summed E-state index contributed by atoms with van der Waals surface area (Å²) in [4.78, 5) is 23.2. The van der Waals surface area contributed by atoms with Crippen LogP contribution in [0.3, 0.4) is 0 Å². The van der Waals surface area contributed by atoms with Gasteiger partial charge in [-0.1, -0.05) is 30.7 Å². The fraction of sp³-hybridized carbons (Fsp3) is 0.440. The molecule has 6 heteroatoms. The predicted octanol–water partition coefficient (Wildman–Crippen LogP) is 4.37. The Morgan fingerprint density at radius 1 is 1.10 bits per heavy atom. The summed E-state index contributed by atoms with van der Waals surface area (Å²) in [6, 6.07) is 13.1. The fourth-order valence-corrected chi connectivity index (χ4v) is 6.05. The zero-order valence-corrected chi connectivity index (χ0v) is 18.7. The van der Waals surface area contributed by atoms with E-state index in [1.54, 1.807) is 11.3 Å². The maximum Gasteiger partial charge on any atom is 0.264 e. The zero-order chi connectivity index (χ0) is 21.0. The average Bonchev–Trinajstić information content (AvgIpc) is 3.19. The molecule has 162 valence electrons. The van der Waals surface area contributed by atoms with Crippen LogP contribution >= 0.6 is 11.3 Å². The van der Waals surface area contributed by atoms with E-state index in [-0.39, 0.29) is 5.91 Å². The molecule has 0 aliphatic carbocycles. The Hall–Kier alpha value is -2.28. The monoisotopic (exact) mass is 435 g/mol. The second-order valence-corrected chi connectivity index (χ2v) is 9.55. The fourth-order valence-electron chi connectivity index (χ4n) is 4.85. The summed E-state index contributed by atoms with van der Waals surface area (Å²) >= 11 is 1.66. The van der Waals surface area contributed by atoms with Crippen LogP contribution in [0.15, 0.2) is 48.8 Å². The highest BCUT2D eigenvalue weighted by atomic mass is 32.1. The highest BCUT2D eigenvalue weighted by molar-refractivity contribution is 7.21. The van der Waals surface area contributed by atoms with E-state index in [2.05, 4.69) is 40.2 Å². The van der Waals surface area contributed by atoms with Gasteiger partial charge in [0.1, 0.15) is 0 Å². The molecule has 1 aromatic carbocycles. The number of rotatable bonds is 5. The third-order valence-electron chi connectivity index (χ3n) is 6.49. The first kappa shape index (κ1) is 20.6. The van der Waals surface area contributed by atoms with Gasteiger partial charge in [0, 0.05) is 42.8 Å². The third kappa shape index (κ3) is 4.52. The van der Waals surface area contributed by atoms with E-state index in [0.717, 1.165) is 24.4 Å². The van der Waals surface area contributed by atoms with Gasteiger partial charge in [-0.05, 0) is 54.5 Å². The van der Waals surface area contributed by atoms with Crippen molar-refractivity contribution in [2.75, 3.05) is 32.8 Å². The molecule has 5 rings (SSSR count). The number of pyridine rings is 1. The summed E-state index contributed by atoms with van der Waals surface area (Å²) < 4.78 is 6.68. The van der Waals surface area contributed by atoms with Crippen molar-refractivity contribution in [1.82, 2.24) is 14.8 Å². The van der Waals surface area contributed by atoms with Gasteiger partial charge in [-0.2, -0.15) is 0 Å². The normalized spacial score (nSPS) is 20.3. The molecule has 31 heavy (non-hydrogen) atoms. The van der Waals surface area contributed by atoms with E-state index in [9.17, 15) is 4.79 Å². The number of hydrogen-bond acceptors (Lipinski definition) is 5. The van der Waals surface area contributed by atoms with Crippen LogP contribution in [0.4, 0.5) is 0 Å². The zero-order valence-electron chi connectivity index (χ0n) is 17.8. The van der Waals surface area contributed by atoms with Crippen LogP contribution in [-0.4, -0.2) is 59.6 Å². The Morgan fingerprint density at radius 2 is 1.97 bits per heavy atom. The van der Waals surface area contributed by atoms with Gasteiger partial charge < -0.3 is 9.64 Å². The summed E-state index contributed by atoms with van der Waals surface area (Å²) in [5.41, 5.74) is 2.49. The molecule has 3 aromatic rings. The van der Waals surface area contributed by atoms with Crippen LogP contribution in [0.2, 0.25) is 0 Å². The topological polar surface area (TPSA) is 45.7 Å². The van der Waals surface area contributed by atoms with Crippen LogP contribution in [0, 0.1) is 0 Å². The summed E-state index contributed by atoms with van der Waals surface area (Å²) in [7, 11) is 0. The summed E-state index contributed by atoms with van der Waals surface area (Å²) in [5, 5.41) is 1.25. The van der Waals surface area contributed by atoms with Crippen molar-refractivity contribution in [3.63, 3.8) is 0 Å². The lowest BCUT2D eigenvalue weighted by atomic mass is 9.93. The minimum atomic E-state index is 0.175. The Labute approximate surface area is 187 Å². The average molecular weight is 436 g/mol. The van der Waals surface area contributed by atoms with Crippen LogP contribution in [0.25, 0.3) is 10.1 Å². The molecule has 0 unspecified atom stereocenters. The largest absolute Gasteiger partial charge is 0.378 e. The van der Waals surface area contributed by atoms with Gasteiger partial charge >= 0.3 is 0 Å². The van der Waals surface area contributed by atoms with E-state index in [4.69, 9.17) is 4.74 Å². The lowest BCUT2D eigenvalue weighted by Gasteiger charge is -2.36. The number of morpholine rings is 1. The first-order valence-corrected chi connectivity index (χ1v) is 12.1. The number of nitrogens with zero attached hydrogens (tertiary/aromatic N) is 3. The molecule has 2 aliphatic heterocycles. The van der Waals surface area contributed by atoms with Gasteiger partial charge in [0.15, 0.2) is 0 Å². The van der Waals surface area contributed by atoms with Crippen LogP contribution in [0.1, 0.15) is 40.1 Å². The Kier molecular flexibility index (Phi) is 6.30. The molecule has 1 amide bonds. The lowest BCUT2D eigenvalue weighted by Crippen LogP contribution is -2.42.